The highest BCUT2D eigenvalue weighted by molar-refractivity contribution is 5.97. The van der Waals surface area contributed by atoms with Crippen LogP contribution in [-0.4, -0.2) is 16.8 Å². The molecule has 3 aromatic rings. The lowest BCUT2D eigenvalue weighted by molar-refractivity contribution is -0.136. The fourth-order valence-corrected chi connectivity index (χ4v) is 2.48. The summed E-state index contributed by atoms with van der Waals surface area (Å²) in [5.74, 6) is -0.804. The molecule has 0 aliphatic rings. The first-order valence-corrected chi connectivity index (χ1v) is 8.45. The summed E-state index contributed by atoms with van der Waals surface area (Å²) in [6.07, 6.45) is 3.31. The van der Waals surface area contributed by atoms with Crippen LogP contribution in [-0.2, 0) is 16.2 Å². The molecule has 1 atom stereocenters. The summed E-state index contributed by atoms with van der Waals surface area (Å²) < 4.78 is 0. The van der Waals surface area contributed by atoms with Gasteiger partial charge in [-0.05, 0) is 29.3 Å². The lowest BCUT2D eigenvalue weighted by atomic mass is 10.1. The second kappa shape index (κ2) is 9.26. The van der Waals surface area contributed by atoms with Crippen LogP contribution in [0.5, 0.6) is 0 Å². The molecule has 0 aliphatic carbocycles. The number of hydroxylamine groups is 1. The van der Waals surface area contributed by atoms with Gasteiger partial charge in [0.2, 0.25) is 0 Å². The highest BCUT2D eigenvalue weighted by atomic mass is 16.6. The Hall–Kier alpha value is -3.51. The number of hydrogen-bond acceptors (Lipinski definition) is 4. The van der Waals surface area contributed by atoms with Gasteiger partial charge < -0.3 is 5.32 Å². The minimum atomic E-state index is -0.882. The summed E-state index contributed by atoms with van der Waals surface area (Å²) in [4.78, 5) is 34.4. The molecule has 1 unspecified atom stereocenters. The van der Waals surface area contributed by atoms with Crippen molar-refractivity contribution in [3.05, 3.63) is 102 Å². The minimum Gasteiger partial charge on any atom is -0.336 e. The summed E-state index contributed by atoms with van der Waals surface area (Å²) in [6.45, 7) is 0.174. The molecular formula is C21H19N3O3. The predicted molar refractivity (Wildman–Crippen MR) is 100 cm³/mol. The molecule has 0 fully saturated rings. The van der Waals surface area contributed by atoms with E-state index in [1.165, 1.54) is 0 Å². The first kappa shape index (κ1) is 18.3. The normalized spacial score (nSPS) is 11.4. The van der Waals surface area contributed by atoms with Crippen LogP contribution in [0.2, 0.25) is 0 Å². The van der Waals surface area contributed by atoms with E-state index in [0.29, 0.717) is 11.1 Å². The van der Waals surface area contributed by atoms with E-state index in [1.807, 2.05) is 18.2 Å². The molecule has 6 nitrogen and oxygen atoms in total. The van der Waals surface area contributed by atoms with Crippen LogP contribution in [0.4, 0.5) is 0 Å². The van der Waals surface area contributed by atoms with E-state index in [2.05, 4.69) is 15.8 Å². The van der Waals surface area contributed by atoms with Crippen LogP contribution in [0, 0.1) is 0 Å². The van der Waals surface area contributed by atoms with Crippen LogP contribution in [0.1, 0.15) is 27.5 Å². The predicted octanol–water partition coefficient (Wildman–Crippen LogP) is 2.80. The van der Waals surface area contributed by atoms with E-state index in [-0.39, 0.29) is 12.5 Å². The molecule has 27 heavy (non-hydrogen) atoms. The molecule has 3 rings (SSSR count). The monoisotopic (exact) mass is 361 g/mol. The second-order valence-electron chi connectivity index (χ2n) is 5.80. The smallest absolute Gasteiger partial charge is 0.270 e. The molecule has 0 spiro atoms. The second-order valence-corrected chi connectivity index (χ2v) is 5.80. The molecule has 0 saturated heterocycles. The van der Waals surface area contributed by atoms with Gasteiger partial charge in [0.25, 0.3) is 11.8 Å². The molecule has 0 radical (unpaired) electrons. The van der Waals surface area contributed by atoms with Gasteiger partial charge in [0.05, 0.1) is 0 Å². The molecule has 6 heteroatoms. The Morgan fingerprint density at radius 1 is 0.926 bits per heavy atom. The third-order valence-corrected chi connectivity index (χ3v) is 3.84. The van der Waals surface area contributed by atoms with Crippen LogP contribution in [0.25, 0.3) is 0 Å². The molecule has 136 valence electrons. The molecule has 2 aromatic carbocycles. The number of amides is 2. The lowest BCUT2D eigenvalue weighted by Crippen LogP contribution is -2.40. The molecule has 0 aliphatic heterocycles. The number of nitrogens with one attached hydrogen (secondary N) is 2. The summed E-state index contributed by atoms with van der Waals surface area (Å²) in [5.41, 5.74) is 4.36. The van der Waals surface area contributed by atoms with E-state index in [4.69, 9.17) is 4.84 Å². The largest absolute Gasteiger partial charge is 0.336 e. The first-order chi connectivity index (χ1) is 13.2. The average Bonchev–Trinajstić information content (AvgIpc) is 2.74. The summed E-state index contributed by atoms with van der Waals surface area (Å²) >= 11 is 0. The zero-order chi connectivity index (χ0) is 18.9. The van der Waals surface area contributed by atoms with Crippen molar-refractivity contribution < 1.29 is 14.4 Å². The minimum absolute atomic E-state index is 0.174. The summed E-state index contributed by atoms with van der Waals surface area (Å²) in [7, 11) is 0. The molecule has 1 heterocycles. The summed E-state index contributed by atoms with van der Waals surface area (Å²) in [5, 5.41) is 2.75. The number of rotatable bonds is 7. The van der Waals surface area contributed by atoms with Crippen molar-refractivity contribution in [1.82, 2.24) is 15.8 Å². The van der Waals surface area contributed by atoms with E-state index >= 15 is 0 Å². The van der Waals surface area contributed by atoms with Crippen molar-refractivity contribution in [3.63, 3.8) is 0 Å². The Kier molecular flexibility index (Phi) is 6.27. The number of aromatic nitrogens is 1. The Balaban J connectivity index is 1.68. The Morgan fingerprint density at radius 2 is 1.63 bits per heavy atom. The van der Waals surface area contributed by atoms with Gasteiger partial charge in [-0.15, -0.1) is 0 Å². The van der Waals surface area contributed by atoms with Crippen molar-refractivity contribution in [1.29, 1.82) is 0 Å². The van der Waals surface area contributed by atoms with Gasteiger partial charge in [0.1, 0.15) is 12.6 Å². The number of carbonyl (C=O) groups excluding carboxylic acids is 2. The molecular weight excluding hydrogens is 342 g/mol. The standard InChI is InChI=1S/C21H19N3O3/c25-20(18-11-5-2-6-12-18)23-19(17-9-3-1-4-10-17)21(26)24-27-15-16-8-7-13-22-14-16/h1-14,19H,15H2,(H,23,25)(H,24,26). The first-order valence-electron chi connectivity index (χ1n) is 8.45. The van der Waals surface area contributed by atoms with E-state index in [9.17, 15) is 9.59 Å². The lowest BCUT2D eigenvalue weighted by Gasteiger charge is -2.18. The van der Waals surface area contributed by atoms with E-state index < -0.39 is 11.9 Å². The van der Waals surface area contributed by atoms with Crippen molar-refractivity contribution >= 4 is 11.8 Å². The maximum Gasteiger partial charge on any atom is 0.270 e. The van der Waals surface area contributed by atoms with E-state index in [1.54, 1.807) is 67.0 Å². The highest BCUT2D eigenvalue weighted by Crippen LogP contribution is 2.14. The molecule has 0 saturated carbocycles. The van der Waals surface area contributed by atoms with Gasteiger partial charge in [0, 0.05) is 18.0 Å². The highest BCUT2D eigenvalue weighted by Gasteiger charge is 2.23. The number of benzene rings is 2. The van der Waals surface area contributed by atoms with Crippen molar-refractivity contribution in [2.45, 2.75) is 12.6 Å². The Labute approximate surface area is 157 Å². The number of hydrogen-bond donors (Lipinski definition) is 2. The summed E-state index contributed by atoms with van der Waals surface area (Å²) in [6, 6.07) is 20.5. The van der Waals surface area contributed by atoms with Crippen molar-refractivity contribution in [2.75, 3.05) is 0 Å². The van der Waals surface area contributed by atoms with Gasteiger partial charge in [-0.25, -0.2) is 5.48 Å². The third-order valence-electron chi connectivity index (χ3n) is 3.84. The number of pyridine rings is 1. The molecule has 2 N–H and O–H groups in total. The van der Waals surface area contributed by atoms with Crippen molar-refractivity contribution in [2.24, 2.45) is 0 Å². The van der Waals surface area contributed by atoms with Crippen LogP contribution < -0.4 is 10.8 Å². The van der Waals surface area contributed by atoms with Crippen molar-refractivity contribution in [3.8, 4) is 0 Å². The van der Waals surface area contributed by atoms with Gasteiger partial charge >= 0.3 is 0 Å². The maximum absolute atomic E-state index is 12.6. The van der Waals surface area contributed by atoms with Crippen LogP contribution in [0.3, 0.4) is 0 Å². The average molecular weight is 361 g/mol. The Bertz CT molecular complexity index is 871. The molecule has 1 aromatic heterocycles. The quantitative estimate of drug-likeness (QED) is 0.634. The van der Waals surface area contributed by atoms with Gasteiger partial charge in [-0.1, -0.05) is 54.6 Å². The van der Waals surface area contributed by atoms with Gasteiger partial charge in [-0.3, -0.25) is 19.4 Å². The molecule has 2 amide bonds. The van der Waals surface area contributed by atoms with Gasteiger partial charge in [-0.2, -0.15) is 0 Å². The van der Waals surface area contributed by atoms with Gasteiger partial charge in [0.15, 0.2) is 0 Å². The van der Waals surface area contributed by atoms with Crippen LogP contribution >= 0.6 is 0 Å². The zero-order valence-electron chi connectivity index (χ0n) is 14.5. The zero-order valence-corrected chi connectivity index (χ0v) is 14.5. The third kappa shape index (κ3) is 5.23. The fourth-order valence-electron chi connectivity index (χ4n) is 2.48. The maximum atomic E-state index is 12.6. The van der Waals surface area contributed by atoms with E-state index in [0.717, 1.165) is 5.56 Å². The molecule has 0 bridgehead atoms. The topological polar surface area (TPSA) is 80.3 Å². The Morgan fingerprint density at radius 3 is 2.30 bits per heavy atom. The number of nitrogens with zero attached hydrogens (tertiary/aromatic N) is 1. The fraction of sp³-hybridized carbons (Fsp3) is 0.0952. The van der Waals surface area contributed by atoms with Crippen LogP contribution in [0.15, 0.2) is 85.2 Å². The SMILES string of the molecule is O=C(NC(C(=O)NOCc1cccnc1)c1ccccc1)c1ccccc1. The number of carbonyl (C=O) groups is 2.